The van der Waals surface area contributed by atoms with Crippen molar-refractivity contribution in [2.45, 2.75) is 31.3 Å². The van der Waals surface area contributed by atoms with Gasteiger partial charge in [0.15, 0.2) is 0 Å². The van der Waals surface area contributed by atoms with Gasteiger partial charge in [-0.3, -0.25) is 4.98 Å². The third-order valence-electron chi connectivity index (χ3n) is 3.92. The average Bonchev–Trinajstić information content (AvgIpc) is 2.82. The van der Waals surface area contributed by atoms with E-state index in [1.807, 2.05) is 26.0 Å². The van der Waals surface area contributed by atoms with Gasteiger partial charge in [-0.2, -0.15) is 4.31 Å². The van der Waals surface area contributed by atoms with Crippen molar-refractivity contribution in [1.29, 1.82) is 0 Å². The monoisotopic (exact) mass is 369 g/mol. The Bertz CT molecular complexity index is 785. The number of hydrogen-bond donors (Lipinski definition) is 0. The second-order valence-electron chi connectivity index (χ2n) is 5.18. The van der Waals surface area contributed by atoms with Crippen LogP contribution in [-0.2, 0) is 16.6 Å². The van der Waals surface area contributed by atoms with Gasteiger partial charge in [0, 0.05) is 41.3 Å². The Hall–Kier alpha value is -1.18. The first kappa shape index (κ1) is 14.7. The lowest BCUT2D eigenvalue weighted by Gasteiger charge is -2.34. The molecule has 0 aromatic carbocycles. The lowest BCUT2D eigenvalue weighted by Crippen LogP contribution is -2.41. The number of hydrogen-bond acceptors (Lipinski definition) is 3. The molecule has 0 amide bonds. The van der Waals surface area contributed by atoms with Crippen molar-refractivity contribution >= 4 is 26.0 Å². The van der Waals surface area contributed by atoms with Crippen molar-refractivity contribution in [2.24, 2.45) is 0 Å². The number of aryl methyl sites for hydroxylation is 1. The van der Waals surface area contributed by atoms with Gasteiger partial charge in [0.05, 0.1) is 6.04 Å². The van der Waals surface area contributed by atoms with Crippen molar-refractivity contribution in [3.8, 4) is 0 Å². The van der Waals surface area contributed by atoms with Crippen molar-refractivity contribution in [3.05, 3.63) is 46.5 Å². The molecule has 1 unspecified atom stereocenters. The molecule has 0 bridgehead atoms. The van der Waals surface area contributed by atoms with Gasteiger partial charge in [-0.15, -0.1) is 0 Å². The highest BCUT2D eigenvalue weighted by Gasteiger charge is 2.34. The summed E-state index contributed by atoms with van der Waals surface area (Å²) < 4.78 is 30.0. The fourth-order valence-electron chi connectivity index (χ4n) is 2.80. The van der Waals surface area contributed by atoms with Gasteiger partial charge < -0.3 is 4.57 Å². The summed E-state index contributed by atoms with van der Waals surface area (Å²) in [6.07, 6.45) is 2.97. The maximum absolute atomic E-state index is 12.8. The van der Waals surface area contributed by atoms with Crippen LogP contribution in [-0.4, -0.2) is 28.8 Å². The molecule has 0 saturated heterocycles. The molecule has 1 aliphatic heterocycles. The number of fused-ring (bicyclic) bond motifs is 1. The minimum Gasteiger partial charge on any atom is -0.346 e. The number of sulfonamides is 1. The molecule has 5 nitrogen and oxygen atoms in total. The second kappa shape index (κ2) is 5.23. The highest BCUT2D eigenvalue weighted by Crippen LogP contribution is 2.32. The summed E-state index contributed by atoms with van der Waals surface area (Å²) in [5.74, 6) is 0. The maximum atomic E-state index is 12.8. The first-order valence-electron chi connectivity index (χ1n) is 6.69. The molecule has 1 aliphatic rings. The Morgan fingerprint density at radius 3 is 2.76 bits per heavy atom. The lowest BCUT2D eigenvalue weighted by atomic mass is 10.2. The summed E-state index contributed by atoms with van der Waals surface area (Å²) in [5.41, 5.74) is 2.20. The SMILES string of the molecule is Cc1ccc2n1CCN(S(=O)(=O)c1cncc(Br)c1)C2C. The molecule has 0 N–H and O–H groups in total. The van der Waals surface area contributed by atoms with E-state index >= 15 is 0 Å². The van der Waals surface area contributed by atoms with Gasteiger partial charge in [0.25, 0.3) is 0 Å². The van der Waals surface area contributed by atoms with Crippen LogP contribution in [0.15, 0.2) is 40.0 Å². The number of halogens is 1. The maximum Gasteiger partial charge on any atom is 0.245 e. The van der Waals surface area contributed by atoms with Crippen LogP contribution in [0.4, 0.5) is 0 Å². The molecular formula is C14H16BrN3O2S. The number of aromatic nitrogens is 2. The first-order valence-corrected chi connectivity index (χ1v) is 8.93. The fraction of sp³-hybridized carbons (Fsp3) is 0.357. The van der Waals surface area contributed by atoms with Crippen LogP contribution in [0, 0.1) is 6.92 Å². The van der Waals surface area contributed by atoms with E-state index in [0.717, 1.165) is 11.4 Å². The van der Waals surface area contributed by atoms with Crippen LogP contribution in [0.3, 0.4) is 0 Å². The van der Waals surface area contributed by atoms with Gasteiger partial charge in [0.2, 0.25) is 10.0 Å². The smallest absolute Gasteiger partial charge is 0.245 e. The van der Waals surface area contributed by atoms with Gasteiger partial charge in [-0.1, -0.05) is 0 Å². The van der Waals surface area contributed by atoms with E-state index in [-0.39, 0.29) is 10.9 Å². The van der Waals surface area contributed by atoms with Gasteiger partial charge in [-0.05, 0) is 48.0 Å². The zero-order chi connectivity index (χ0) is 15.2. The predicted molar refractivity (Wildman–Crippen MR) is 83.4 cm³/mol. The van der Waals surface area contributed by atoms with Crippen molar-refractivity contribution in [2.75, 3.05) is 6.54 Å². The Morgan fingerprint density at radius 1 is 1.29 bits per heavy atom. The Labute approximate surface area is 132 Å². The average molecular weight is 370 g/mol. The normalized spacial score (nSPS) is 19.5. The van der Waals surface area contributed by atoms with Gasteiger partial charge in [-0.25, -0.2) is 8.42 Å². The van der Waals surface area contributed by atoms with Crippen LogP contribution in [0.2, 0.25) is 0 Å². The third kappa shape index (κ3) is 2.43. The highest BCUT2D eigenvalue weighted by molar-refractivity contribution is 9.10. The summed E-state index contributed by atoms with van der Waals surface area (Å²) in [7, 11) is -3.54. The molecule has 2 aromatic rings. The second-order valence-corrected chi connectivity index (χ2v) is 7.99. The van der Waals surface area contributed by atoms with Gasteiger partial charge >= 0.3 is 0 Å². The molecule has 0 spiro atoms. The fourth-order valence-corrected chi connectivity index (χ4v) is 4.90. The van der Waals surface area contributed by atoms with Crippen LogP contribution >= 0.6 is 15.9 Å². The Balaban J connectivity index is 2.01. The molecule has 2 aromatic heterocycles. The molecular weight excluding hydrogens is 354 g/mol. The summed E-state index contributed by atoms with van der Waals surface area (Å²) in [4.78, 5) is 4.18. The van der Waals surface area contributed by atoms with E-state index in [1.165, 1.54) is 6.20 Å². The van der Waals surface area contributed by atoms with Crippen molar-refractivity contribution < 1.29 is 8.42 Å². The Morgan fingerprint density at radius 2 is 2.05 bits per heavy atom. The zero-order valence-electron chi connectivity index (χ0n) is 11.8. The molecule has 7 heteroatoms. The summed E-state index contributed by atoms with van der Waals surface area (Å²) >= 11 is 3.27. The molecule has 0 aliphatic carbocycles. The largest absolute Gasteiger partial charge is 0.346 e. The number of nitrogens with zero attached hydrogens (tertiary/aromatic N) is 3. The molecule has 3 heterocycles. The van der Waals surface area contributed by atoms with Crippen LogP contribution in [0.1, 0.15) is 24.4 Å². The molecule has 21 heavy (non-hydrogen) atoms. The van der Waals surface area contributed by atoms with Crippen LogP contribution in [0.25, 0.3) is 0 Å². The molecule has 112 valence electrons. The van der Waals surface area contributed by atoms with Crippen LogP contribution < -0.4 is 0 Å². The topological polar surface area (TPSA) is 55.2 Å². The summed E-state index contributed by atoms with van der Waals surface area (Å²) in [5, 5.41) is 0. The quantitative estimate of drug-likeness (QED) is 0.817. The van der Waals surface area contributed by atoms with Crippen molar-refractivity contribution in [3.63, 3.8) is 0 Å². The minimum atomic E-state index is -3.54. The molecule has 0 saturated carbocycles. The molecule has 1 atom stereocenters. The number of pyridine rings is 1. The van der Waals surface area contributed by atoms with E-state index < -0.39 is 10.0 Å². The van der Waals surface area contributed by atoms with E-state index in [9.17, 15) is 8.42 Å². The third-order valence-corrected chi connectivity index (χ3v) is 6.29. The van der Waals surface area contributed by atoms with Gasteiger partial charge in [0.1, 0.15) is 4.90 Å². The standard InChI is InChI=1S/C14H16BrN3O2S/c1-10-3-4-14-11(2)18(6-5-17(10)14)21(19,20)13-7-12(15)8-16-9-13/h3-4,7-9,11H,5-6H2,1-2H3. The molecule has 0 radical (unpaired) electrons. The van der Waals surface area contributed by atoms with Crippen molar-refractivity contribution in [1.82, 2.24) is 13.9 Å². The van der Waals surface area contributed by atoms with E-state index in [4.69, 9.17) is 0 Å². The highest BCUT2D eigenvalue weighted by atomic mass is 79.9. The summed E-state index contributed by atoms with van der Waals surface area (Å²) in [6.45, 7) is 5.11. The van der Waals surface area contributed by atoms with E-state index in [2.05, 4.69) is 25.5 Å². The predicted octanol–water partition coefficient (Wildman–Crippen LogP) is 2.72. The zero-order valence-corrected chi connectivity index (χ0v) is 14.2. The van der Waals surface area contributed by atoms with E-state index in [1.54, 1.807) is 16.6 Å². The molecule has 3 rings (SSSR count). The Kier molecular flexibility index (Phi) is 3.67. The lowest BCUT2D eigenvalue weighted by molar-refractivity contribution is 0.280. The minimum absolute atomic E-state index is 0.184. The number of rotatable bonds is 2. The first-order chi connectivity index (χ1) is 9.91. The summed E-state index contributed by atoms with van der Waals surface area (Å²) in [6, 6.07) is 5.44. The molecule has 0 fully saturated rings. The van der Waals surface area contributed by atoms with Crippen LogP contribution in [0.5, 0.6) is 0 Å². The van der Waals surface area contributed by atoms with E-state index in [0.29, 0.717) is 17.6 Å².